The first-order valence-corrected chi connectivity index (χ1v) is 18.5. The molecular formula is C35H33N2O8S2-. The van der Waals surface area contributed by atoms with E-state index in [0.29, 0.717) is 49.0 Å². The summed E-state index contributed by atoms with van der Waals surface area (Å²) in [5.41, 5.74) is 6.18. The average Bonchev–Trinajstić information content (AvgIpc) is 3.57. The van der Waals surface area contributed by atoms with Gasteiger partial charge in [0.2, 0.25) is 11.5 Å². The molecule has 2 heterocycles. The molecule has 0 radical (unpaired) electrons. The zero-order chi connectivity index (χ0) is 33.0. The second-order valence-electron chi connectivity index (χ2n) is 11.4. The fourth-order valence-electron chi connectivity index (χ4n) is 5.70. The summed E-state index contributed by atoms with van der Waals surface area (Å²) in [5, 5.41) is 0. The number of unbranched alkanes of at least 4 members (excludes halogenated alkanes) is 2. The van der Waals surface area contributed by atoms with E-state index in [1.54, 1.807) is 6.08 Å². The normalized spacial score (nSPS) is 14.1. The van der Waals surface area contributed by atoms with E-state index in [1.807, 2.05) is 107 Å². The zero-order valence-corrected chi connectivity index (χ0v) is 27.1. The molecule has 1 aliphatic heterocycles. The van der Waals surface area contributed by atoms with Crippen molar-refractivity contribution in [3.63, 3.8) is 0 Å². The molecule has 4 aromatic carbocycles. The summed E-state index contributed by atoms with van der Waals surface area (Å²) in [4.78, 5) is 1.94. The highest BCUT2D eigenvalue weighted by atomic mass is 32.2. The van der Waals surface area contributed by atoms with E-state index < -0.39 is 31.7 Å². The summed E-state index contributed by atoms with van der Waals surface area (Å²) in [6.07, 6.45) is 2.99. The highest BCUT2D eigenvalue weighted by Gasteiger charge is 2.30. The molecular weight excluding hydrogens is 641 g/mol. The molecule has 0 saturated carbocycles. The van der Waals surface area contributed by atoms with Crippen LogP contribution in [0.1, 0.15) is 31.6 Å². The van der Waals surface area contributed by atoms with Crippen LogP contribution in [0.3, 0.4) is 0 Å². The van der Waals surface area contributed by atoms with Crippen LogP contribution in [0.4, 0.5) is 5.69 Å². The Morgan fingerprint density at radius 3 is 1.91 bits per heavy atom. The van der Waals surface area contributed by atoms with E-state index in [9.17, 15) is 25.9 Å². The van der Waals surface area contributed by atoms with Crippen LogP contribution in [0, 0.1) is 0 Å². The molecule has 1 aromatic heterocycles. The van der Waals surface area contributed by atoms with E-state index in [4.69, 9.17) is 9.15 Å². The van der Waals surface area contributed by atoms with Crippen LogP contribution in [0.25, 0.3) is 39.4 Å². The van der Waals surface area contributed by atoms with Crippen LogP contribution in [0.5, 0.6) is 5.75 Å². The van der Waals surface area contributed by atoms with E-state index in [-0.39, 0.29) is 12.8 Å². The van der Waals surface area contributed by atoms with Crippen molar-refractivity contribution in [2.45, 2.75) is 32.2 Å². The maximum atomic E-state index is 11.3. The minimum absolute atomic E-state index is 0.193. The number of rotatable bonds is 13. The molecule has 0 saturated heterocycles. The van der Waals surface area contributed by atoms with E-state index in [2.05, 4.69) is 0 Å². The Bertz CT molecular complexity index is 2130. The molecule has 5 aromatic rings. The molecule has 244 valence electrons. The monoisotopic (exact) mass is 673 g/mol. The summed E-state index contributed by atoms with van der Waals surface area (Å²) in [5.74, 6) is 0.609. The topological polar surface area (TPSA) is 144 Å². The number of benzene rings is 4. The van der Waals surface area contributed by atoms with Crippen LogP contribution in [0.15, 0.2) is 107 Å². The fourth-order valence-corrected chi connectivity index (χ4v) is 6.82. The molecule has 12 heteroatoms. The van der Waals surface area contributed by atoms with Crippen molar-refractivity contribution in [1.29, 1.82) is 0 Å². The van der Waals surface area contributed by atoms with Crippen molar-refractivity contribution >= 4 is 43.1 Å². The number of ether oxygens (including phenoxy) is 1. The summed E-state index contributed by atoms with van der Waals surface area (Å²) < 4.78 is 82.2. The molecule has 6 rings (SSSR count). The summed E-state index contributed by atoms with van der Waals surface area (Å²) in [6.45, 7) is 0.763. The molecule has 0 bridgehead atoms. The van der Waals surface area contributed by atoms with Crippen molar-refractivity contribution in [3.8, 4) is 28.0 Å². The van der Waals surface area contributed by atoms with Gasteiger partial charge in [0.1, 0.15) is 6.08 Å². The minimum atomic E-state index is -4.34. The molecule has 1 aliphatic rings. The van der Waals surface area contributed by atoms with Gasteiger partial charge in [-0.15, -0.1) is 0 Å². The average molecular weight is 674 g/mol. The zero-order valence-electron chi connectivity index (χ0n) is 25.4. The SMILES string of the molecule is O=S(=O)([O-])CCCCN1C(=Cc2oc3ccc(-c4ccccc4)cc3[n+]2CCCCS(=O)(=O)[O-])Oc2ccc(-c3ccccc3)cc21. The Hall–Kier alpha value is -4.49. The van der Waals surface area contributed by atoms with Gasteiger partial charge in [-0.1, -0.05) is 72.8 Å². The third kappa shape index (κ3) is 8.09. The minimum Gasteiger partial charge on any atom is -0.748 e. The van der Waals surface area contributed by atoms with Crippen LogP contribution in [-0.4, -0.2) is 44.0 Å². The summed E-state index contributed by atoms with van der Waals surface area (Å²) in [6, 6.07) is 31.5. The number of nitrogens with zero attached hydrogens (tertiary/aromatic N) is 2. The van der Waals surface area contributed by atoms with Crippen molar-refractivity contribution in [2.75, 3.05) is 23.0 Å². The first-order valence-electron chi connectivity index (χ1n) is 15.3. The van der Waals surface area contributed by atoms with Crippen molar-refractivity contribution in [1.82, 2.24) is 0 Å². The second kappa shape index (κ2) is 13.7. The maximum absolute atomic E-state index is 11.3. The molecule has 0 amide bonds. The molecule has 0 N–H and O–H groups in total. The molecule has 0 spiro atoms. The van der Waals surface area contributed by atoms with Gasteiger partial charge in [0.05, 0.1) is 25.9 Å². The lowest BCUT2D eigenvalue weighted by molar-refractivity contribution is -0.678. The number of aryl methyl sites for hydroxylation is 1. The Morgan fingerprint density at radius 2 is 1.28 bits per heavy atom. The van der Waals surface area contributed by atoms with Crippen LogP contribution in [0.2, 0.25) is 0 Å². The van der Waals surface area contributed by atoms with Crippen molar-refractivity contribution < 1.29 is 39.7 Å². The van der Waals surface area contributed by atoms with E-state index >= 15 is 0 Å². The van der Waals surface area contributed by atoms with Gasteiger partial charge in [-0.2, -0.15) is 4.57 Å². The summed E-state index contributed by atoms with van der Waals surface area (Å²) >= 11 is 0. The van der Waals surface area contributed by atoms with Gasteiger partial charge in [0.15, 0.2) is 12.3 Å². The van der Waals surface area contributed by atoms with Gasteiger partial charge in [-0.3, -0.25) is 0 Å². The van der Waals surface area contributed by atoms with Gasteiger partial charge >= 0.3 is 5.89 Å². The van der Waals surface area contributed by atoms with Crippen LogP contribution in [-0.2, 0) is 26.8 Å². The standard InChI is InChI=1S/C35H34N2O8S2/c38-46(39,40)21-9-7-19-36-30-23-28(26-11-3-1-4-12-26)15-17-32(30)44-34(36)25-35-37(20-8-10-22-47(41,42)43)31-24-29(16-18-33(31)45-35)27-13-5-2-6-14-27/h1-6,11-18,23-25H,7-10,19-22H2,(H-,38,39,40,41,42,43)/p-1. The highest BCUT2D eigenvalue weighted by molar-refractivity contribution is 7.85. The predicted octanol–water partition coefficient (Wildman–Crippen LogP) is 5.90. The van der Waals surface area contributed by atoms with Gasteiger partial charge in [-0.25, -0.2) is 16.8 Å². The van der Waals surface area contributed by atoms with Crippen LogP contribution < -0.4 is 14.2 Å². The first kappa shape index (κ1) is 32.5. The van der Waals surface area contributed by atoms with Crippen molar-refractivity contribution in [3.05, 3.63) is 109 Å². The molecule has 0 aliphatic carbocycles. The molecule has 10 nitrogen and oxygen atoms in total. The number of anilines is 1. The largest absolute Gasteiger partial charge is 0.748 e. The smallest absolute Gasteiger partial charge is 0.379 e. The lowest BCUT2D eigenvalue weighted by Crippen LogP contribution is -2.36. The molecule has 47 heavy (non-hydrogen) atoms. The highest BCUT2D eigenvalue weighted by Crippen LogP contribution is 2.42. The Kier molecular flexibility index (Phi) is 9.46. The molecule has 0 atom stereocenters. The molecule has 0 unspecified atom stereocenters. The Labute approximate surface area is 274 Å². The number of hydrogen-bond donors (Lipinski definition) is 0. The van der Waals surface area contributed by atoms with E-state index in [1.165, 1.54) is 0 Å². The third-order valence-electron chi connectivity index (χ3n) is 7.97. The number of fused-ring (bicyclic) bond motifs is 2. The van der Waals surface area contributed by atoms with Crippen molar-refractivity contribution in [2.24, 2.45) is 0 Å². The van der Waals surface area contributed by atoms with Gasteiger partial charge in [-0.05, 0) is 59.7 Å². The second-order valence-corrected chi connectivity index (χ2v) is 14.4. The fraction of sp³-hybridized carbons (Fsp3) is 0.229. The molecule has 0 fully saturated rings. The lowest BCUT2D eigenvalue weighted by Gasteiger charge is -2.18. The van der Waals surface area contributed by atoms with Gasteiger partial charge in [0, 0.05) is 30.5 Å². The third-order valence-corrected chi connectivity index (χ3v) is 9.55. The Morgan fingerprint density at radius 1 is 0.681 bits per heavy atom. The number of oxazole rings is 1. The number of aromatic nitrogens is 1. The van der Waals surface area contributed by atoms with Crippen LogP contribution >= 0.6 is 0 Å². The lowest BCUT2D eigenvalue weighted by atomic mass is 10.0. The predicted molar refractivity (Wildman–Crippen MR) is 177 cm³/mol. The summed E-state index contributed by atoms with van der Waals surface area (Å²) in [7, 11) is -8.68. The van der Waals surface area contributed by atoms with E-state index in [0.717, 1.165) is 33.5 Å². The van der Waals surface area contributed by atoms with Gasteiger partial charge in [0.25, 0.3) is 5.52 Å². The Balaban J connectivity index is 1.39. The first-order chi connectivity index (χ1) is 22.5. The maximum Gasteiger partial charge on any atom is 0.379 e. The number of hydrogen-bond acceptors (Lipinski definition) is 9. The quantitative estimate of drug-likeness (QED) is 0.0847. The van der Waals surface area contributed by atoms with Gasteiger partial charge < -0.3 is 23.2 Å².